The Morgan fingerprint density at radius 1 is 0.894 bits per heavy atom. The first-order valence-corrected chi connectivity index (χ1v) is 16.0. The number of rotatable bonds is 5. The van der Waals surface area contributed by atoms with Crippen LogP contribution in [0.5, 0.6) is 5.75 Å². The molecule has 0 radical (unpaired) electrons. The molecule has 2 fully saturated rings. The van der Waals surface area contributed by atoms with Gasteiger partial charge in [0.05, 0.1) is 58.7 Å². The van der Waals surface area contributed by atoms with Crippen molar-refractivity contribution in [3.8, 4) is 28.2 Å². The van der Waals surface area contributed by atoms with Gasteiger partial charge in [0.15, 0.2) is 6.73 Å². The molecule has 0 saturated carbocycles. The maximum atomic E-state index is 15.7. The van der Waals surface area contributed by atoms with Gasteiger partial charge >= 0.3 is 5.97 Å². The molecule has 47 heavy (non-hydrogen) atoms. The lowest BCUT2D eigenvalue weighted by molar-refractivity contribution is 0.0516. The zero-order valence-electron chi connectivity index (χ0n) is 24.8. The van der Waals surface area contributed by atoms with Crippen molar-refractivity contribution in [1.29, 1.82) is 0 Å². The first-order valence-electron chi connectivity index (χ1n) is 15.2. The average Bonchev–Trinajstić information content (AvgIpc) is 3.61. The number of carbonyl (C=O) groups excluding carboxylic acids is 1. The number of furan rings is 1. The second-order valence-electron chi connectivity index (χ2n) is 12.0. The summed E-state index contributed by atoms with van der Waals surface area (Å²) in [5, 5.41) is 11.2. The van der Waals surface area contributed by atoms with Crippen molar-refractivity contribution in [2.24, 2.45) is 0 Å². The molecule has 2 saturated heterocycles. The van der Waals surface area contributed by atoms with Crippen molar-refractivity contribution in [1.82, 2.24) is 4.90 Å². The van der Waals surface area contributed by atoms with Crippen molar-refractivity contribution >= 4 is 51.7 Å². The third kappa shape index (κ3) is 5.10. The molecule has 2 bridgehead atoms. The summed E-state index contributed by atoms with van der Waals surface area (Å²) in [7, 11) is 0. The fraction of sp³-hybridized carbons (Fsp3) is 0.222. The highest BCUT2D eigenvalue weighted by Crippen LogP contribution is 2.43. The van der Waals surface area contributed by atoms with Gasteiger partial charge in [0.1, 0.15) is 22.9 Å². The summed E-state index contributed by atoms with van der Waals surface area (Å²) in [4.78, 5) is 29.5. The fourth-order valence-corrected chi connectivity index (χ4v) is 7.64. The van der Waals surface area contributed by atoms with Gasteiger partial charge in [-0.15, -0.1) is 0 Å². The number of aromatic carboxylic acids is 1. The summed E-state index contributed by atoms with van der Waals surface area (Å²) in [6, 6.07) is 20.8. The van der Waals surface area contributed by atoms with Crippen molar-refractivity contribution in [2.75, 3.05) is 24.8 Å². The Hall–Kier alpha value is -4.57. The highest BCUT2D eigenvalue weighted by atomic mass is 35.5. The monoisotopic (exact) mass is 672 g/mol. The maximum absolute atomic E-state index is 15.7. The van der Waals surface area contributed by atoms with Crippen molar-refractivity contribution < 1.29 is 33.0 Å². The van der Waals surface area contributed by atoms with Crippen LogP contribution in [0.1, 0.15) is 39.1 Å². The SMILES string of the molecule is O=C(O)c1cc(F)c(-c2cccc3c2OCN(C(=O)c2c(Cl)cc(-c4cc5ccccc5o4)cc2Cl)C3)cc1N1C2CCC1COC2. The number of carboxylic acid groups (broad SMARTS) is 1. The molecule has 2 atom stereocenters. The van der Waals surface area contributed by atoms with Crippen LogP contribution in [0.4, 0.5) is 10.1 Å². The predicted molar refractivity (Wildman–Crippen MR) is 176 cm³/mol. The van der Waals surface area contributed by atoms with E-state index in [1.807, 2.05) is 30.3 Å². The normalized spacial score (nSPS) is 18.7. The minimum atomic E-state index is -1.19. The Balaban J connectivity index is 1.10. The van der Waals surface area contributed by atoms with Crippen LogP contribution in [0, 0.1) is 5.82 Å². The summed E-state index contributed by atoms with van der Waals surface area (Å²) in [5.41, 5.74) is 3.22. The van der Waals surface area contributed by atoms with E-state index in [1.165, 1.54) is 4.90 Å². The van der Waals surface area contributed by atoms with Gasteiger partial charge in [0, 0.05) is 27.6 Å². The summed E-state index contributed by atoms with van der Waals surface area (Å²) < 4.78 is 33.5. The van der Waals surface area contributed by atoms with Gasteiger partial charge in [0.2, 0.25) is 0 Å². The van der Waals surface area contributed by atoms with Gasteiger partial charge < -0.3 is 28.8 Å². The van der Waals surface area contributed by atoms with E-state index in [2.05, 4.69) is 4.90 Å². The highest BCUT2D eigenvalue weighted by Gasteiger charge is 2.40. The molecule has 0 aliphatic carbocycles. The van der Waals surface area contributed by atoms with Crippen LogP contribution in [0.25, 0.3) is 33.4 Å². The van der Waals surface area contributed by atoms with Gasteiger partial charge in [-0.3, -0.25) is 4.79 Å². The number of morpholine rings is 1. The summed E-state index contributed by atoms with van der Waals surface area (Å²) in [6.45, 7) is 1.02. The quantitative estimate of drug-likeness (QED) is 0.201. The first-order chi connectivity index (χ1) is 22.8. The Morgan fingerprint density at radius 2 is 1.64 bits per heavy atom. The summed E-state index contributed by atoms with van der Waals surface area (Å²) >= 11 is 13.3. The summed E-state index contributed by atoms with van der Waals surface area (Å²) in [6.07, 6.45) is 1.75. The van der Waals surface area contributed by atoms with Gasteiger partial charge in [-0.25, -0.2) is 9.18 Å². The molecule has 11 heteroatoms. The Kier molecular flexibility index (Phi) is 7.35. The van der Waals surface area contributed by atoms with E-state index in [1.54, 1.807) is 36.4 Å². The van der Waals surface area contributed by atoms with E-state index in [9.17, 15) is 14.7 Å². The molecule has 5 aromatic rings. The zero-order valence-corrected chi connectivity index (χ0v) is 26.4. The van der Waals surface area contributed by atoms with E-state index in [0.29, 0.717) is 47.1 Å². The van der Waals surface area contributed by atoms with Crippen LogP contribution in [0.3, 0.4) is 0 Å². The molecule has 1 amide bonds. The number of ether oxygens (including phenoxy) is 2. The van der Waals surface area contributed by atoms with Crippen LogP contribution in [-0.4, -0.2) is 53.9 Å². The fourth-order valence-electron chi connectivity index (χ4n) is 6.99. The van der Waals surface area contributed by atoms with E-state index >= 15 is 4.39 Å². The minimum absolute atomic E-state index is 0.0251. The second-order valence-corrected chi connectivity index (χ2v) is 12.8. The Labute approximate surface area is 278 Å². The standard InChI is InChI=1S/C36H27Cl2FN2O6/c37-27-10-21(32-12-19-4-1-2-7-31(19)47-32)11-28(38)33(27)35(42)40-15-20-5-3-6-24(34(20)46-18-40)25-14-30(26(36(43)44)13-29(25)39)41-22-8-9-23(41)17-45-16-22/h1-7,10-14,22-23H,8-9,15-18H2,(H,43,44). The lowest BCUT2D eigenvalue weighted by Gasteiger charge is -2.37. The van der Waals surface area contributed by atoms with Gasteiger partial charge in [0.25, 0.3) is 5.91 Å². The van der Waals surface area contributed by atoms with E-state index in [-0.39, 0.29) is 52.1 Å². The van der Waals surface area contributed by atoms with Crippen LogP contribution in [-0.2, 0) is 11.3 Å². The highest BCUT2D eigenvalue weighted by molar-refractivity contribution is 6.40. The topological polar surface area (TPSA) is 92.5 Å². The number of hydrogen-bond donors (Lipinski definition) is 1. The van der Waals surface area contributed by atoms with E-state index in [0.717, 1.165) is 29.9 Å². The Bertz CT molecular complexity index is 2030. The van der Waals surface area contributed by atoms with Crippen LogP contribution in [0.2, 0.25) is 10.0 Å². The average molecular weight is 674 g/mol. The van der Waals surface area contributed by atoms with E-state index in [4.69, 9.17) is 37.1 Å². The molecule has 8 nitrogen and oxygen atoms in total. The third-order valence-corrected chi connectivity index (χ3v) is 9.80. The molecular weight excluding hydrogens is 646 g/mol. The molecule has 0 spiro atoms. The number of hydrogen-bond acceptors (Lipinski definition) is 6. The molecule has 8 rings (SSSR count). The molecule has 1 aromatic heterocycles. The van der Waals surface area contributed by atoms with Crippen molar-refractivity contribution in [3.05, 3.63) is 105 Å². The number of carboxylic acids is 1. The van der Waals surface area contributed by atoms with Crippen molar-refractivity contribution in [2.45, 2.75) is 31.5 Å². The number of amides is 1. The summed E-state index contributed by atoms with van der Waals surface area (Å²) in [5.74, 6) is -1.30. The number of halogens is 3. The van der Waals surface area contributed by atoms with Crippen LogP contribution >= 0.6 is 23.2 Å². The zero-order chi connectivity index (χ0) is 32.4. The van der Waals surface area contributed by atoms with Gasteiger partial charge in [-0.2, -0.15) is 0 Å². The molecule has 3 aliphatic heterocycles. The number of carbonyl (C=O) groups is 2. The smallest absolute Gasteiger partial charge is 0.337 e. The molecular formula is C36H27Cl2FN2O6. The van der Waals surface area contributed by atoms with Crippen molar-refractivity contribution in [3.63, 3.8) is 0 Å². The minimum Gasteiger partial charge on any atom is -0.478 e. The number of nitrogens with zero attached hydrogens (tertiary/aromatic N) is 2. The predicted octanol–water partition coefficient (Wildman–Crippen LogP) is 8.27. The number of anilines is 1. The lowest BCUT2D eigenvalue weighted by atomic mass is 9.96. The van der Waals surface area contributed by atoms with Gasteiger partial charge in [-0.05, 0) is 49.2 Å². The number of benzene rings is 4. The third-order valence-electron chi connectivity index (χ3n) is 9.20. The van der Waals surface area contributed by atoms with Crippen LogP contribution < -0.4 is 9.64 Å². The molecule has 238 valence electrons. The van der Waals surface area contributed by atoms with Crippen LogP contribution in [0.15, 0.2) is 77.2 Å². The molecule has 4 aromatic carbocycles. The van der Waals surface area contributed by atoms with Gasteiger partial charge in [-0.1, -0.05) is 59.6 Å². The lowest BCUT2D eigenvalue weighted by Crippen LogP contribution is -2.46. The molecule has 4 heterocycles. The maximum Gasteiger partial charge on any atom is 0.337 e. The van der Waals surface area contributed by atoms with E-state index < -0.39 is 17.7 Å². The molecule has 2 unspecified atom stereocenters. The number of fused-ring (bicyclic) bond motifs is 4. The second kappa shape index (κ2) is 11.6. The molecule has 1 N–H and O–H groups in total. The molecule has 3 aliphatic rings. The number of para-hydroxylation sites is 2. The largest absolute Gasteiger partial charge is 0.478 e. The Morgan fingerprint density at radius 3 is 2.36 bits per heavy atom. The first kappa shape index (κ1) is 29.8.